The quantitative estimate of drug-likeness (QED) is 0.539. The van der Waals surface area contributed by atoms with E-state index in [1.54, 1.807) is 4.90 Å². The zero-order valence-corrected chi connectivity index (χ0v) is 22.8. The van der Waals surface area contributed by atoms with Gasteiger partial charge < -0.3 is 29.9 Å². The van der Waals surface area contributed by atoms with Crippen molar-refractivity contribution < 1.29 is 14.3 Å². The lowest BCUT2D eigenvalue weighted by Gasteiger charge is -2.44. The molecule has 0 aliphatic carbocycles. The summed E-state index contributed by atoms with van der Waals surface area (Å²) in [7, 11) is 0. The average Bonchev–Trinajstić information content (AvgIpc) is 3.29. The fraction of sp³-hybridized carbons (Fsp3) is 0.483. The Hall–Kier alpha value is -2.90. The monoisotopic (exact) mass is 524 g/mol. The van der Waals surface area contributed by atoms with Crippen LogP contribution < -0.4 is 10.6 Å². The standard InChI is InChI=1S/C29H37ClN4O3/c1-20(24-9-8-23(31)15-25(24)33-11-10-29(17-33)18-36-19-29)34-13-12-32(27(35)37-28(2,3)4)16-26(34)21-6-5-7-22(30)14-21/h5-9,14-15,26H,1,10-13,16-19,31H2,2-4H3. The van der Waals surface area contributed by atoms with Crippen LogP contribution >= 0.6 is 11.6 Å². The molecule has 3 heterocycles. The predicted molar refractivity (Wildman–Crippen MR) is 149 cm³/mol. The number of hydrogen-bond donors (Lipinski definition) is 1. The summed E-state index contributed by atoms with van der Waals surface area (Å²) in [5.41, 5.74) is 10.8. The molecule has 3 aliphatic rings. The van der Waals surface area contributed by atoms with Gasteiger partial charge in [0.15, 0.2) is 0 Å². The van der Waals surface area contributed by atoms with Crippen LogP contribution in [0, 0.1) is 5.41 Å². The Kier molecular flexibility index (Phi) is 6.79. The molecule has 3 fully saturated rings. The van der Waals surface area contributed by atoms with Gasteiger partial charge in [-0.05, 0) is 63.1 Å². The molecule has 3 saturated heterocycles. The van der Waals surface area contributed by atoms with E-state index in [0.29, 0.717) is 24.7 Å². The van der Waals surface area contributed by atoms with E-state index < -0.39 is 5.60 Å². The van der Waals surface area contributed by atoms with Gasteiger partial charge in [0.05, 0.1) is 19.3 Å². The molecule has 2 N–H and O–H groups in total. The summed E-state index contributed by atoms with van der Waals surface area (Å²) in [6, 6.07) is 13.8. The number of ether oxygens (including phenoxy) is 2. The third-order valence-electron chi connectivity index (χ3n) is 7.54. The van der Waals surface area contributed by atoms with Crippen molar-refractivity contribution in [1.29, 1.82) is 0 Å². The van der Waals surface area contributed by atoms with Gasteiger partial charge >= 0.3 is 6.09 Å². The summed E-state index contributed by atoms with van der Waals surface area (Å²) in [5.74, 6) is 0. The largest absolute Gasteiger partial charge is 0.444 e. The van der Waals surface area contributed by atoms with Gasteiger partial charge in [0, 0.05) is 65.8 Å². The number of carbonyl (C=O) groups is 1. The minimum Gasteiger partial charge on any atom is -0.444 e. The second-order valence-electron chi connectivity index (χ2n) is 11.6. The second-order valence-corrected chi connectivity index (χ2v) is 12.0. The normalized spacial score (nSPS) is 21.2. The van der Waals surface area contributed by atoms with Crippen molar-refractivity contribution in [2.75, 3.05) is 56.6 Å². The Bertz CT molecular complexity index is 1190. The number of rotatable bonds is 4. The number of anilines is 2. The first-order valence-corrected chi connectivity index (χ1v) is 13.3. The van der Waals surface area contributed by atoms with E-state index in [1.807, 2.05) is 45.0 Å². The lowest BCUT2D eigenvalue weighted by molar-refractivity contribution is -0.0985. The van der Waals surface area contributed by atoms with Crippen molar-refractivity contribution in [3.8, 4) is 0 Å². The molecule has 0 aromatic heterocycles. The smallest absolute Gasteiger partial charge is 0.410 e. The lowest BCUT2D eigenvalue weighted by Crippen LogP contribution is -2.50. The second kappa shape index (κ2) is 9.76. The molecular weight excluding hydrogens is 488 g/mol. The van der Waals surface area contributed by atoms with Crippen molar-refractivity contribution in [3.05, 3.63) is 65.2 Å². The van der Waals surface area contributed by atoms with E-state index in [0.717, 1.165) is 60.9 Å². The highest BCUT2D eigenvalue weighted by atomic mass is 35.5. The molecule has 1 amide bonds. The number of carbonyl (C=O) groups excluding carboxylic acids is 1. The molecule has 198 valence electrons. The minimum absolute atomic E-state index is 0.122. The van der Waals surface area contributed by atoms with Crippen LogP contribution in [0.1, 0.15) is 44.4 Å². The minimum atomic E-state index is -0.555. The van der Waals surface area contributed by atoms with Crippen molar-refractivity contribution in [2.24, 2.45) is 5.41 Å². The SMILES string of the molecule is C=C(c1ccc(N)cc1N1CCC2(COC2)C1)N1CCN(C(=O)OC(C)(C)C)CC1c1cccc(Cl)c1. The number of nitrogens with two attached hydrogens (primary N) is 1. The lowest BCUT2D eigenvalue weighted by atomic mass is 9.85. The molecule has 3 aliphatic heterocycles. The van der Waals surface area contributed by atoms with E-state index in [2.05, 4.69) is 34.6 Å². The highest BCUT2D eigenvalue weighted by Crippen LogP contribution is 2.43. The molecule has 7 nitrogen and oxygen atoms in total. The number of hydrogen-bond acceptors (Lipinski definition) is 6. The Morgan fingerprint density at radius 1 is 1.16 bits per heavy atom. The zero-order valence-electron chi connectivity index (χ0n) is 22.0. The van der Waals surface area contributed by atoms with E-state index >= 15 is 0 Å². The number of amides is 1. The molecule has 0 saturated carbocycles. The number of halogens is 1. The number of nitrogens with zero attached hydrogens (tertiary/aromatic N) is 3. The van der Waals surface area contributed by atoms with Crippen LogP contribution in [-0.4, -0.2) is 67.4 Å². The van der Waals surface area contributed by atoms with Gasteiger partial charge in [0.1, 0.15) is 5.60 Å². The van der Waals surface area contributed by atoms with Crippen molar-refractivity contribution in [1.82, 2.24) is 9.80 Å². The summed E-state index contributed by atoms with van der Waals surface area (Å²) >= 11 is 6.39. The Morgan fingerprint density at radius 3 is 2.59 bits per heavy atom. The first-order valence-electron chi connectivity index (χ1n) is 13.0. The maximum Gasteiger partial charge on any atom is 0.410 e. The Balaban J connectivity index is 1.45. The molecule has 0 radical (unpaired) electrons. The predicted octanol–water partition coefficient (Wildman–Crippen LogP) is 5.41. The molecule has 0 bridgehead atoms. The third kappa shape index (κ3) is 5.39. The van der Waals surface area contributed by atoms with E-state index in [9.17, 15) is 4.79 Å². The van der Waals surface area contributed by atoms with E-state index in [1.165, 1.54) is 0 Å². The topological polar surface area (TPSA) is 71.3 Å². The van der Waals surface area contributed by atoms with Gasteiger partial charge in [-0.15, -0.1) is 0 Å². The van der Waals surface area contributed by atoms with Gasteiger partial charge in [0.25, 0.3) is 0 Å². The van der Waals surface area contributed by atoms with Crippen molar-refractivity contribution in [2.45, 2.75) is 38.8 Å². The molecule has 1 atom stereocenters. The molecule has 8 heteroatoms. The van der Waals surface area contributed by atoms with E-state index in [4.69, 9.17) is 26.8 Å². The molecule has 1 spiro atoms. The van der Waals surface area contributed by atoms with Gasteiger partial charge in [-0.1, -0.05) is 30.3 Å². The van der Waals surface area contributed by atoms with Gasteiger partial charge in [-0.25, -0.2) is 4.79 Å². The summed E-state index contributed by atoms with van der Waals surface area (Å²) in [6.07, 6.45) is 0.816. The number of piperazine rings is 1. The van der Waals surface area contributed by atoms with Crippen molar-refractivity contribution in [3.63, 3.8) is 0 Å². The molecule has 2 aromatic rings. The van der Waals surface area contributed by atoms with Crippen LogP contribution in [0.2, 0.25) is 5.02 Å². The first kappa shape index (κ1) is 25.7. The Morgan fingerprint density at radius 2 is 1.95 bits per heavy atom. The summed E-state index contributed by atoms with van der Waals surface area (Å²) in [4.78, 5) is 19.5. The Labute approximate surface area is 224 Å². The van der Waals surface area contributed by atoms with Crippen LogP contribution in [0.25, 0.3) is 5.70 Å². The van der Waals surface area contributed by atoms with E-state index in [-0.39, 0.29) is 17.6 Å². The molecule has 2 aromatic carbocycles. The van der Waals surface area contributed by atoms with Crippen LogP contribution in [-0.2, 0) is 9.47 Å². The number of nitrogen functional groups attached to an aromatic ring is 1. The fourth-order valence-corrected chi connectivity index (χ4v) is 5.77. The maximum absolute atomic E-state index is 13.0. The fourth-order valence-electron chi connectivity index (χ4n) is 5.57. The zero-order chi connectivity index (χ0) is 26.4. The van der Waals surface area contributed by atoms with Crippen molar-refractivity contribution >= 4 is 34.8 Å². The van der Waals surface area contributed by atoms with Crippen LogP contribution in [0.15, 0.2) is 49.0 Å². The summed E-state index contributed by atoms with van der Waals surface area (Å²) in [6.45, 7) is 15.5. The molecular formula is C29H37ClN4O3. The molecule has 5 rings (SSSR count). The molecule has 1 unspecified atom stereocenters. The van der Waals surface area contributed by atoms with Crippen LogP contribution in [0.5, 0.6) is 0 Å². The van der Waals surface area contributed by atoms with Crippen LogP contribution in [0.3, 0.4) is 0 Å². The highest BCUT2D eigenvalue weighted by Gasteiger charge is 2.45. The molecule has 37 heavy (non-hydrogen) atoms. The summed E-state index contributed by atoms with van der Waals surface area (Å²) in [5, 5.41) is 0.663. The van der Waals surface area contributed by atoms with Gasteiger partial charge in [-0.2, -0.15) is 0 Å². The summed E-state index contributed by atoms with van der Waals surface area (Å²) < 4.78 is 11.2. The maximum atomic E-state index is 13.0. The highest BCUT2D eigenvalue weighted by molar-refractivity contribution is 6.30. The van der Waals surface area contributed by atoms with Gasteiger partial charge in [-0.3, -0.25) is 0 Å². The first-order chi connectivity index (χ1) is 17.5. The van der Waals surface area contributed by atoms with Crippen LogP contribution in [0.4, 0.5) is 16.2 Å². The van der Waals surface area contributed by atoms with Gasteiger partial charge in [0.2, 0.25) is 0 Å². The average molecular weight is 525 g/mol. The third-order valence-corrected chi connectivity index (χ3v) is 7.78. The number of benzene rings is 2.